The van der Waals surface area contributed by atoms with Gasteiger partial charge in [0.05, 0.1) is 15.3 Å². The molecule has 0 bridgehead atoms. The van der Waals surface area contributed by atoms with E-state index in [1.807, 2.05) is 34.6 Å². The SMILES string of the molecule is [2H]C([2H])([2H])OC(C)(C)/C(C)=C(/C)C(C)(C)OCC. The van der Waals surface area contributed by atoms with Crippen LogP contribution in [0.25, 0.3) is 0 Å². The van der Waals surface area contributed by atoms with Crippen molar-refractivity contribution in [2.45, 2.75) is 59.7 Å². The lowest BCUT2D eigenvalue weighted by atomic mass is 9.87. The number of hydrogen-bond acceptors (Lipinski definition) is 2. The van der Waals surface area contributed by atoms with Gasteiger partial charge in [0.25, 0.3) is 0 Å². The summed E-state index contributed by atoms with van der Waals surface area (Å²) in [7, 11) is -2.40. The third-order valence-electron chi connectivity index (χ3n) is 3.13. The fourth-order valence-electron chi connectivity index (χ4n) is 1.45. The molecular formula is C13H26O2. The van der Waals surface area contributed by atoms with E-state index in [0.29, 0.717) is 6.61 Å². The van der Waals surface area contributed by atoms with Crippen molar-refractivity contribution in [3.8, 4) is 0 Å². The molecule has 2 heteroatoms. The van der Waals surface area contributed by atoms with Gasteiger partial charge in [-0.15, -0.1) is 0 Å². The molecule has 0 aromatic carbocycles. The Morgan fingerprint density at radius 1 is 1.07 bits per heavy atom. The molecule has 0 heterocycles. The summed E-state index contributed by atoms with van der Waals surface area (Å²) < 4.78 is 32.5. The van der Waals surface area contributed by atoms with Gasteiger partial charge in [0.2, 0.25) is 0 Å². The summed E-state index contributed by atoms with van der Waals surface area (Å²) in [6.07, 6.45) is 0. The second-order valence-corrected chi connectivity index (χ2v) is 4.81. The summed E-state index contributed by atoms with van der Waals surface area (Å²) in [5.74, 6) is 0. The molecule has 0 radical (unpaired) electrons. The van der Waals surface area contributed by atoms with Crippen molar-refractivity contribution in [1.29, 1.82) is 0 Å². The lowest BCUT2D eigenvalue weighted by Crippen LogP contribution is -2.32. The van der Waals surface area contributed by atoms with Gasteiger partial charge in [-0.25, -0.2) is 0 Å². The maximum absolute atomic E-state index is 7.22. The second kappa shape index (κ2) is 5.13. The predicted molar refractivity (Wildman–Crippen MR) is 65.2 cm³/mol. The highest BCUT2D eigenvalue weighted by Gasteiger charge is 2.28. The first-order valence-electron chi connectivity index (χ1n) is 6.86. The fourth-order valence-corrected chi connectivity index (χ4v) is 1.45. The molecule has 0 aliphatic carbocycles. The zero-order valence-corrected chi connectivity index (χ0v) is 11.0. The lowest BCUT2D eigenvalue weighted by molar-refractivity contribution is 0.0110. The minimum Gasteiger partial charge on any atom is -0.374 e. The van der Waals surface area contributed by atoms with E-state index in [1.54, 1.807) is 13.8 Å². The van der Waals surface area contributed by atoms with Crippen molar-refractivity contribution >= 4 is 0 Å². The first-order chi connectivity index (χ1) is 7.83. The molecule has 0 spiro atoms. The van der Waals surface area contributed by atoms with Gasteiger partial charge in [0.15, 0.2) is 0 Å². The van der Waals surface area contributed by atoms with Crippen LogP contribution in [0.5, 0.6) is 0 Å². The summed E-state index contributed by atoms with van der Waals surface area (Å²) in [6, 6.07) is 0. The van der Waals surface area contributed by atoms with Crippen LogP contribution in [0.4, 0.5) is 0 Å². The Kier molecular flexibility index (Phi) is 3.37. The third-order valence-corrected chi connectivity index (χ3v) is 3.13. The van der Waals surface area contributed by atoms with Crippen LogP contribution < -0.4 is 0 Å². The second-order valence-electron chi connectivity index (χ2n) is 4.81. The Hall–Kier alpha value is -0.340. The quantitative estimate of drug-likeness (QED) is 0.656. The molecule has 0 rings (SSSR count). The van der Waals surface area contributed by atoms with Gasteiger partial charge in [-0.05, 0) is 59.6 Å². The third kappa shape index (κ3) is 3.62. The van der Waals surface area contributed by atoms with E-state index >= 15 is 0 Å². The number of hydrogen-bond donors (Lipinski definition) is 0. The number of rotatable bonds is 5. The fraction of sp³-hybridized carbons (Fsp3) is 0.846. The van der Waals surface area contributed by atoms with Gasteiger partial charge >= 0.3 is 0 Å². The molecule has 15 heavy (non-hydrogen) atoms. The van der Waals surface area contributed by atoms with E-state index in [9.17, 15) is 0 Å². The molecule has 0 saturated heterocycles. The van der Waals surface area contributed by atoms with Crippen LogP contribution >= 0.6 is 0 Å². The van der Waals surface area contributed by atoms with Crippen LogP contribution in [-0.4, -0.2) is 24.8 Å². The first-order valence-corrected chi connectivity index (χ1v) is 5.36. The average Bonchev–Trinajstić information content (AvgIpc) is 2.11. The zero-order chi connectivity index (χ0) is 14.8. The molecule has 0 unspecified atom stereocenters. The molecule has 90 valence electrons. The highest BCUT2D eigenvalue weighted by atomic mass is 16.5. The van der Waals surface area contributed by atoms with E-state index in [4.69, 9.17) is 13.6 Å². The average molecular weight is 217 g/mol. The maximum atomic E-state index is 7.22. The van der Waals surface area contributed by atoms with Gasteiger partial charge in [-0.2, -0.15) is 0 Å². The van der Waals surface area contributed by atoms with Gasteiger partial charge in [0.1, 0.15) is 0 Å². The highest BCUT2D eigenvalue weighted by molar-refractivity contribution is 5.25. The molecular weight excluding hydrogens is 188 g/mol. The minimum atomic E-state index is -2.40. The zero-order valence-electron chi connectivity index (χ0n) is 14.0. The van der Waals surface area contributed by atoms with Crippen molar-refractivity contribution in [2.75, 3.05) is 13.6 Å². The number of ether oxygens (including phenoxy) is 2. The Morgan fingerprint density at radius 3 is 1.93 bits per heavy atom. The van der Waals surface area contributed by atoms with Crippen molar-refractivity contribution in [2.24, 2.45) is 0 Å². The highest BCUT2D eigenvalue weighted by Crippen LogP contribution is 2.30. The molecule has 0 aliphatic heterocycles. The van der Waals surface area contributed by atoms with E-state index < -0.39 is 18.2 Å². The van der Waals surface area contributed by atoms with Crippen LogP contribution in [0.1, 0.15) is 52.6 Å². The Labute approximate surface area is 98.9 Å². The summed E-state index contributed by atoms with van der Waals surface area (Å²) in [5, 5.41) is 0. The Balaban J connectivity index is 5.27. The first kappa shape index (κ1) is 9.86. The summed E-state index contributed by atoms with van der Waals surface area (Å²) >= 11 is 0. The van der Waals surface area contributed by atoms with E-state index in [1.165, 1.54) is 0 Å². The minimum absolute atomic E-state index is 0.422. The predicted octanol–water partition coefficient (Wildman–Crippen LogP) is 3.56. The van der Waals surface area contributed by atoms with Gasteiger partial charge < -0.3 is 9.47 Å². The molecule has 0 aromatic heterocycles. The summed E-state index contributed by atoms with van der Waals surface area (Å²) in [5.41, 5.74) is 0.619. The summed E-state index contributed by atoms with van der Waals surface area (Å²) in [6.45, 7) is 13.9. The lowest BCUT2D eigenvalue weighted by Gasteiger charge is -2.33. The van der Waals surface area contributed by atoms with Crippen LogP contribution in [0.2, 0.25) is 0 Å². The molecule has 0 fully saturated rings. The van der Waals surface area contributed by atoms with Crippen molar-refractivity contribution < 1.29 is 13.6 Å². The van der Waals surface area contributed by atoms with Crippen LogP contribution in [0, 0.1) is 0 Å². The topological polar surface area (TPSA) is 18.5 Å². The smallest absolute Gasteiger partial charge is 0.0836 e. The van der Waals surface area contributed by atoms with Crippen LogP contribution in [-0.2, 0) is 9.47 Å². The van der Waals surface area contributed by atoms with Gasteiger partial charge in [-0.1, -0.05) is 0 Å². The van der Waals surface area contributed by atoms with Crippen molar-refractivity contribution in [1.82, 2.24) is 0 Å². The molecule has 0 aliphatic rings. The van der Waals surface area contributed by atoms with E-state index in [0.717, 1.165) is 11.1 Å². The standard InChI is InChI=1S/C13H26O2/c1-9-15-13(6,7)11(3)10(2)12(4,5)14-8/h9H2,1-8H3/b11-10-/i8D3. The summed E-state index contributed by atoms with van der Waals surface area (Å²) in [4.78, 5) is 0. The van der Waals surface area contributed by atoms with E-state index in [2.05, 4.69) is 0 Å². The Morgan fingerprint density at radius 2 is 1.53 bits per heavy atom. The van der Waals surface area contributed by atoms with Gasteiger partial charge in [0, 0.05) is 13.6 Å². The van der Waals surface area contributed by atoms with Crippen LogP contribution in [0.3, 0.4) is 0 Å². The van der Waals surface area contributed by atoms with E-state index in [-0.39, 0.29) is 0 Å². The van der Waals surface area contributed by atoms with Crippen molar-refractivity contribution in [3.63, 3.8) is 0 Å². The molecule has 0 N–H and O–H groups in total. The Bertz CT molecular complexity index is 315. The monoisotopic (exact) mass is 217 g/mol. The molecule has 0 amide bonds. The number of methoxy groups -OCH3 is 1. The van der Waals surface area contributed by atoms with Crippen molar-refractivity contribution in [3.05, 3.63) is 11.1 Å². The molecule has 2 nitrogen and oxygen atoms in total. The molecule has 0 saturated carbocycles. The van der Waals surface area contributed by atoms with Crippen LogP contribution in [0.15, 0.2) is 11.1 Å². The largest absolute Gasteiger partial charge is 0.374 e. The maximum Gasteiger partial charge on any atom is 0.0836 e. The van der Waals surface area contributed by atoms with Gasteiger partial charge in [-0.3, -0.25) is 0 Å². The normalized spacial score (nSPS) is 19.0. The molecule has 0 atom stereocenters. The molecule has 0 aromatic rings.